The minimum Gasteiger partial charge on any atom is -0.493 e. The van der Waals surface area contributed by atoms with Crippen molar-refractivity contribution in [3.8, 4) is 17.1 Å². The van der Waals surface area contributed by atoms with E-state index in [1.165, 1.54) is 6.07 Å². The summed E-state index contributed by atoms with van der Waals surface area (Å²) in [4.78, 5) is 30.5. The lowest BCUT2D eigenvalue weighted by Crippen LogP contribution is -2.51. The molecule has 2 aromatic carbocycles. The third-order valence-corrected chi connectivity index (χ3v) is 7.75. The fraction of sp³-hybridized carbons (Fsp3) is 0.400. The molecule has 0 N–H and O–H groups in total. The summed E-state index contributed by atoms with van der Waals surface area (Å²) in [5.74, 6) is 0.560. The van der Waals surface area contributed by atoms with Gasteiger partial charge >= 0.3 is 0 Å². The van der Waals surface area contributed by atoms with E-state index in [9.17, 15) is 14.0 Å². The molecule has 2 saturated heterocycles. The predicted octanol–water partition coefficient (Wildman–Crippen LogP) is 6.44. The van der Waals surface area contributed by atoms with Crippen molar-refractivity contribution in [2.75, 3.05) is 32.8 Å². The maximum atomic E-state index is 14.3. The Morgan fingerprint density at radius 3 is 2.42 bits per heavy atom. The molecule has 1 aromatic heterocycles. The van der Waals surface area contributed by atoms with Crippen LogP contribution in [-0.2, 0) is 4.79 Å². The highest BCUT2D eigenvalue weighted by Gasteiger charge is 2.41. The zero-order chi connectivity index (χ0) is 26.5. The van der Waals surface area contributed by atoms with Crippen LogP contribution in [0.1, 0.15) is 49.1 Å². The summed E-state index contributed by atoms with van der Waals surface area (Å²) in [7, 11) is 0. The van der Waals surface area contributed by atoms with E-state index in [0.29, 0.717) is 48.2 Å². The molecule has 1 unspecified atom stereocenters. The smallest absolute Gasteiger partial charge is 0.289 e. The third-order valence-electron chi connectivity index (χ3n) is 7.50. The first-order valence-corrected chi connectivity index (χ1v) is 13.6. The lowest BCUT2D eigenvalue weighted by atomic mass is 9.77. The molecule has 2 aliphatic heterocycles. The topological polar surface area (TPSA) is 63.0 Å². The fourth-order valence-electron chi connectivity index (χ4n) is 5.45. The minimum absolute atomic E-state index is 0.110. The Hall–Kier alpha value is -3.32. The number of carbonyl (C=O) groups is 2. The van der Waals surface area contributed by atoms with Gasteiger partial charge in [0.05, 0.1) is 12.2 Å². The largest absolute Gasteiger partial charge is 0.493 e. The van der Waals surface area contributed by atoms with E-state index in [2.05, 4.69) is 0 Å². The molecule has 0 bridgehead atoms. The Morgan fingerprint density at radius 1 is 0.921 bits per heavy atom. The van der Waals surface area contributed by atoms with Gasteiger partial charge in [-0.15, -0.1) is 0 Å². The Balaban J connectivity index is 1.34. The van der Waals surface area contributed by atoms with Gasteiger partial charge in [-0.05, 0) is 80.6 Å². The summed E-state index contributed by atoms with van der Waals surface area (Å²) in [6.45, 7) is 2.78. The summed E-state index contributed by atoms with van der Waals surface area (Å²) in [6, 6.07) is 16.7. The van der Waals surface area contributed by atoms with Crippen LogP contribution in [0.2, 0.25) is 5.02 Å². The molecule has 6 nitrogen and oxygen atoms in total. The highest BCUT2D eigenvalue weighted by atomic mass is 35.5. The number of carbonyl (C=O) groups excluding carboxylic acids is 2. The van der Waals surface area contributed by atoms with E-state index in [1.807, 2.05) is 4.90 Å². The van der Waals surface area contributed by atoms with Crippen LogP contribution in [0.5, 0.6) is 5.75 Å². The molecular formula is C30H32ClFN2O4. The molecule has 38 heavy (non-hydrogen) atoms. The Labute approximate surface area is 227 Å². The highest BCUT2D eigenvalue weighted by Crippen LogP contribution is 2.37. The quantitative estimate of drug-likeness (QED) is 0.347. The summed E-state index contributed by atoms with van der Waals surface area (Å²) in [5.41, 5.74) is -0.230. The van der Waals surface area contributed by atoms with Crippen LogP contribution in [0.3, 0.4) is 0 Å². The summed E-state index contributed by atoms with van der Waals surface area (Å²) in [5, 5.41) is 0.620. The van der Waals surface area contributed by atoms with Crippen molar-refractivity contribution in [2.24, 2.45) is 5.41 Å². The number of hydrogen-bond donors (Lipinski definition) is 0. The van der Waals surface area contributed by atoms with Crippen LogP contribution in [0.15, 0.2) is 65.1 Å². The van der Waals surface area contributed by atoms with Gasteiger partial charge in [0, 0.05) is 43.0 Å². The fourth-order valence-corrected chi connectivity index (χ4v) is 5.58. The lowest BCUT2D eigenvalue weighted by molar-refractivity contribution is -0.136. The van der Waals surface area contributed by atoms with E-state index in [0.717, 1.165) is 45.2 Å². The molecule has 0 radical (unpaired) electrons. The van der Waals surface area contributed by atoms with E-state index in [-0.39, 0.29) is 17.6 Å². The van der Waals surface area contributed by atoms with E-state index in [4.69, 9.17) is 20.8 Å². The molecule has 2 amide bonds. The van der Waals surface area contributed by atoms with Crippen LogP contribution < -0.4 is 4.74 Å². The van der Waals surface area contributed by atoms with Crippen molar-refractivity contribution >= 4 is 23.4 Å². The monoisotopic (exact) mass is 538 g/mol. The van der Waals surface area contributed by atoms with Crippen molar-refractivity contribution in [3.63, 3.8) is 0 Å². The molecule has 0 aliphatic carbocycles. The molecule has 1 atom stereocenters. The Morgan fingerprint density at radius 2 is 1.66 bits per heavy atom. The van der Waals surface area contributed by atoms with Gasteiger partial charge in [0.25, 0.3) is 5.91 Å². The third kappa shape index (κ3) is 6.04. The van der Waals surface area contributed by atoms with Gasteiger partial charge in [0.1, 0.15) is 17.3 Å². The van der Waals surface area contributed by atoms with Gasteiger partial charge in [-0.2, -0.15) is 0 Å². The molecule has 0 spiro atoms. The zero-order valence-electron chi connectivity index (χ0n) is 21.3. The average Bonchev–Trinajstić information content (AvgIpc) is 3.43. The number of halogens is 2. The molecule has 3 aromatic rings. The normalized spacial score (nSPS) is 19.8. The maximum absolute atomic E-state index is 14.3. The van der Waals surface area contributed by atoms with Gasteiger partial charge in [-0.25, -0.2) is 4.39 Å². The van der Waals surface area contributed by atoms with Gasteiger partial charge in [0.15, 0.2) is 5.76 Å². The highest BCUT2D eigenvalue weighted by molar-refractivity contribution is 6.30. The second-order valence-electron chi connectivity index (χ2n) is 10.3. The Kier molecular flexibility index (Phi) is 8.03. The first-order valence-electron chi connectivity index (χ1n) is 13.2. The van der Waals surface area contributed by atoms with Crippen LogP contribution in [-0.4, -0.2) is 54.4 Å². The summed E-state index contributed by atoms with van der Waals surface area (Å²) in [6.07, 6.45) is 5.01. The van der Waals surface area contributed by atoms with Crippen molar-refractivity contribution in [3.05, 3.63) is 77.3 Å². The van der Waals surface area contributed by atoms with Gasteiger partial charge in [-0.3, -0.25) is 9.59 Å². The first-order chi connectivity index (χ1) is 18.4. The molecular weight excluding hydrogens is 507 g/mol. The standard InChI is InChI=1S/C30H32ClFN2O4/c31-22-9-11-23(12-10-22)37-21-30(19-28(35)33-16-4-1-5-17-33)15-6-18-34(20-30)29(36)27-14-13-26(38-27)24-7-2-3-8-25(24)32/h2-3,7-14H,1,4-6,15-21H2. The van der Waals surface area contributed by atoms with Crippen LogP contribution >= 0.6 is 11.6 Å². The number of rotatable bonds is 7. The number of piperidine rings is 2. The van der Waals surface area contributed by atoms with Gasteiger partial charge < -0.3 is 19.0 Å². The summed E-state index contributed by atoms with van der Waals surface area (Å²) < 4.78 is 26.2. The number of amides is 2. The van der Waals surface area contributed by atoms with E-state index >= 15 is 0 Å². The number of ether oxygens (including phenoxy) is 1. The summed E-state index contributed by atoms with van der Waals surface area (Å²) >= 11 is 6.02. The van der Waals surface area contributed by atoms with E-state index in [1.54, 1.807) is 59.5 Å². The molecule has 3 heterocycles. The SMILES string of the molecule is O=C(CC1(COc2ccc(Cl)cc2)CCCN(C(=O)c2ccc(-c3ccccc3F)o2)C1)N1CCCCC1. The van der Waals surface area contributed by atoms with Gasteiger partial charge in [-0.1, -0.05) is 23.7 Å². The van der Waals surface area contributed by atoms with Crippen LogP contribution in [0.25, 0.3) is 11.3 Å². The number of likely N-dealkylation sites (tertiary alicyclic amines) is 2. The zero-order valence-corrected chi connectivity index (χ0v) is 22.1. The number of benzene rings is 2. The molecule has 5 rings (SSSR count). The number of hydrogen-bond acceptors (Lipinski definition) is 4. The molecule has 2 fully saturated rings. The van der Waals surface area contributed by atoms with E-state index < -0.39 is 11.2 Å². The van der Waals surface area contributed by atoms with Crippen molar-refractivity contribution in [2.45, 2.75) is 38.5 Å². The van der Waals surface area contributed by atoms with Crippen LogP contribution in [0.4, 0.5) is 4.39 Å². The van der Waals surface area contributed by atoms with Gasteiger partial charge in [0.2, 0.25) is 5.91 Å². The second kappa shape index (κ2) is 11.6. The van der Waals surface area contributed by atoms with Crippen molar-refractivity contribution in [1.82, 2.24) is 9.80 Å². The molecule has 200 valence electrons. The molecule has 0 saturated carbocycles. The van der Waals surface area contributed by atoms with Crippen molar-refractivity contribution < 1.29 is 23.1 Å². The molecule has 8 heteroatoms. The lowest BCUT2D eigenvalue weighted by Gasteiger charge is -2.43. The number of nitrogens with zero attached hydrogens (tertiary/aromatic N) is 2. The Bertz CT molecular complexity index is 1270. The van der Waals surface area contributed by atoms with Crippen LogP contribution in [0, 0.1) is 11.2 Å². The average molecular weight is 539 g/mol. The molecule has 2 aliphatic rings. The minimum atomic E-state index is -0.539. The first kappa shape index (κ1) is 26.3. The second-order valence-corrected chi connectivity index (χ2v) is 10.8. The number of furan rings is 1. The maximum Gasteiger partial charge on any atom is 0.289 e. The predicted molar refractivity (Wildman–Crippen MR) is 144 cm³/mol. The van der Waals surface area contributed by atoms with Crippen molar-refractivity contribution in [1.29, 1.82) is 0 Å².